The summed E-state index contributed by atoms with van der Waals surface area (Å²) >= 11 is 0. The first-order valence-corrected chi connectivity index (χ1v) is 8.54. The standard InChI is InChI=1S/C21H21NO3/c22-15-21(10-12-25-13-11-21)19-7-5-17(6-8-19)18-3-1-2-16(14-18)4-9-20(23)24/h1-3,5-8,14H,4,9-13H2,(H,23,24). The molecule has 1 aliphatic rings. The zero-order chi connectivity index (χ0) is 17.7. The largest absolute Gasteiger partial charge is 0.481 e. The minimum atomic E-state index is -0.784. The van der Waals surface area contributed by atoms with Crippen molar-refractivity contribution in [1.82, 2.24) is 0 Å². The summed E-state index contributed by atoms with van der Waals surface area (Å²) < 4.78 is 5.40. The van der Waals surface area contributed by atoms with E-state index >= 15 is 0 Å². The van der Waals surface area contributed by atoms with Gasteiger partial charge in [-0.15, -0.1) is 0 Å². The maximum atomic E-state index is 10.7. The molecule has 0 radical (unpaired) electrons. The van der Waals surface area contributed by atoms with Gasteiger partial charge >= 0.3 is 5.97 Å². The van der Waals surface area contributed by atoms with Crippen molar-refractivity contribution in [3.63, 3.8) is 0 Å². The molecule has 1 heterocycles. The highest BCUT2D eigenvalue weighted by Gasteiger charge is 2.34. The van der Waals surface area contributed by atoms with E-state index in [4.69, 9.17) is 9.84 Å². The van der Waals surface area contributed by atoms with Crippen molar-refractivity contribution < 1.29 is 14.6 Å². The molecule has 1 saturated heterocycles. The quantitative estimate of drug-likeness (QED) is 0.898. The maximum absolute atomic E-state index is 10.7. The molecule has 3 rings (SSSR count). The van der Waals surface area contributed by atoms with Crippen LogP contribution in [0.15, 0.2) is 48.5 Å². The van der Waals surface area contributed by atoms with Crippen LogP contribution in [0.25, 0.3) is 11.1 Å². The van der Waals surface area contributed by atoms with Crippen LogP contribution in [0.4, 0.5) is 0 Å². The number of ether oxygens (including phenoxy) is 1. The Morgan fingerprint density at radius 2 is 1.84 bits per heavy atom. The van der Waals surface area contributed by atoms with Gasteiger partial charge in [0.05, 0.1) is 11.5 Å². The van der Waals surface area contributed by atoms with Crippen LogP contribution in [0.1, 0.15) is 30.4 Å². The number of benzene rings is 2. The van der Waals surface area contributed by atoms with Crippen LogP contribution in [0.3, 0.4) is 0 Å². The zero-order valence-electron chi connectivity index (χ0n) is 14.1. The van der Waals surface area contributed by atoms with E-state index in [1.807, 2.05) is 48.5 Å². The number of hydrogen-bond donors (Lipinski definition) is 1. The maximum Gasteiger partial charge on any atom is 0.303 e. The van der Waals surface area contributed by atoms with Gasteiger partial charge in [-0.1, -0.05) is 48.5 Å². The third kappa shape index (κ3) is 3.89. The minimum Gasteiger partial charge on any atom is -0.481 e. The summed E-state index contributed by atoms with van der Waals surface area (Å²) in [5.74, 6) is -0.784. The van der Waals surface area contributed by atoms with Gasteiger partial charge in [0.25, 0.3) is 0 Å². The van der Waals surface area contributed by atoms with Crippen molar-refractivity contribution in [2.75, 3.05) is 13.2 Å². The van der Waals surface area contributed by atoms with Crippen molar-refractivity contribution in [1.29, 1.82) is 5.26 Å². The van der Waals surface area contributed by atoms with Crippen LogP contribution in [0, 0.1) is 11.3 Å². The van der Waals surface area contributed by atoms with E-state index in [2.05, 4.69) is 6.07 Å². The number of aliphatic carboxylic acids is 1. The second kappa shape index (κ2) is 7.50. The van der Waals surface area contributed by atoms with Gasteiger partial charge in [-0.05, 0) is 41.5 Å². The molecular weight excluding hydrogens is 314 g/mol. The molecule has 0 bridgehead atoms. The molecule has 0 spiro atoms. The summed E-state index contributed by atoms with van der Waals surface area (Å²) in [5, 5.41) is 18.5. The molecule has 0 atom stereocenters. The van der Waals surface area contributed by atoms with Crippen LogP contribution in [0.2, 0.25) is 0 Å². The van der Waals surface area contributed by atoms with Crippen LogP contribution >= 0.6 is 0 Å². The average Bonchev–Trinajstić information content (AvgIpc) is 2.67. The van der Waals surface area contributed by atoms with E-state index in [1.165, 1.54) is 0 Å². The van der Waals surface area contributed by atoms with E-state index in [0.717, 1.165) is 35.1 Å². The third-order valence-electron chi connectivity index (χ3n) is 4.89. The number of nitriles is 1. The van der Waals surface area contributed by atoms with Gasteiger partial charge in [0.15, 0.2) is 0 Å². The summed E-state index contributed by atoms with van der Waals surface area (Å²) in [6, 6.07) is 18.6. The average molecular weight is 335 g/mol. The van der Waals surface area contributed by atoms with Crippen molar-refractivity contribution in [2.45, 2.75) is 31.1 Å². The summed E-state index contributed by atoms with van der Waals surface area (Å²) in [5.41, 5.74) is 3.75. The van der Waals surface area contributed by atoms with Crippen molar-refractivity contribution >= 4 is 5.97 Å². The highest BCUT2D eigenvalue weighted by molar-refractivity contribution is 5.68. The predicted molar refractivity (Wildman–Crippen MR) is 95.2 cm³/mol. The molecule has 1 N–H and O–H groups in total. The van der Waals surface area contributed by atoms with Crippen LogP contribution in [0.5, 0.6) is 0 Å². The fourth-order valence-electron chi connectivity index (χ4n) is 3.32. The number of carboxylic acid groups (broad SMARTS) is 1. The molecule has 4 nitrogen and oxygen atoms in total. The van der Waals surface area contributed by atoms with E-state index in [-0.39, 0.29) is 6.42 Å². The van der Waals surface area contributed by atoms with E-state index in [0.29, 0.717) is 19.6 Å². The van der Waals surface area contributed by atoms with Crippen LogP contribution in [-0.2, 0) is 21.4 Å². The van der Waals surface area contributed by atoms with Gasteiger partial charge in [0, 0.05) is 19.6 Å². The number of carbonyl (C=O) groups is 1. The van der Waals surface area contributed by atoms with Gasteiger partial charge in [0.1, 0.15) is 0 Å². The van der Waals surface area contributed by atoms with Gasteiger partial charge in [0.2, 0.25) is 0 Å². The molecule has 2 aromatic rings. The minimum absolute atomic E-state index is 0.134. The van der Waals surface area contributed by atoms with Crippen molar-refractivity contribution in [2.24, 2.45) is 0 Å². The fraction of sp³-hybridized carbons (Fsp3) is 0.333. The van der Waals surface area contributed by atoms with Gasteiger partial charge in [-0.2, -0.15) is 5.26 Å². The van der Waals surface area contributed by atoms with Crippen LogP contribution in [-0.4, -0.2) is 24.3 Å². The van der Waals surface area contributed by atoms with Gasteiger partial charge in [-0.25, -0.2) is 0 Å². The Bertz CT molecular complexity index is 784. The van der Waals surface area contributed by atoms with Gasteiger partial charge in [-0.3, -0.25) is 4.79 Å². The monoisotopic (exact) mass is 335 g/mol. The lowest BCUT2D eigenvalue weighted by atomic mass is 9.75. The summed E-state index contributed by atoms with van der Waals surface area (Å²) in [4.78, 5) is 10.7. The number of carboxylic acids is 1. The Morgan fingerprint density at radius 1 is 1.12 bits per heavy atom. The molecule has 0 amide bonds. The Labute approximate surface area is 147 Å². The first kappa shape index (κ1) is 17.2. The molecule has 25 heavy (non-hydrogen) atoms. The molecule has 2 aromatic carbocycles. The smallest absolute Gasteiger partial charge is 0.303 e. The third-order valence-corrected chi connectivity index (χ3v) is 4.89. The summed E-state index contributed by atoms with van der Waals surface area (Å²) in [6.45, 7) is 1.25. The highest BCUT2D eigenvalue weighted by Crippen LogP contribution is 2.35. The van der Waals surface area contributed by atoms with E-state index in [9.17, 15) is 10.1 Å². The van der Waals surface area contributed by atoms with Crippen LogP contribution < -0.4 is 0 Å². The second-order valence-corrected chi connectivity index (χ2v) is 6.48. The summed E-state index contributed by atoms with van der Waals surface area (Å²) in [7, 11) is 0. The molecule has 0 aromatic heterocycles. The summed E-state index contributed by atoms with van der Waals surface area (Å²) in [6.07, 6.45) is 2.12. The molecule has 4 heteroatoms. The molecule has 0 saturated carbocycles. The number of rotatable bonds is 5. The number of aryl methyl sites for hydroxylation is 1. The highest BCUT2D eigenvalue weighted by atomic mass is 16.5. The Kier molecular flexibility index (Phi) is 5.16. The van der Waals surface area contributed by atoms with Crippen molar-refractivity contribution in [3.05, 3.63) is 59.7 Å². The lowest BCUT2D eigenvalue weighted by molar-refractivity contribution is -0.136. The topological polar surface area (TPSA) is 70.3 Å². The van der Waals surface area contributed by atoms with E-state index < -0.39 is 11.4 Å². The predicted octanol–water partition coefficient (Wildman–Crippen LogP) is 3.94. The molecule has 128 valence electrons. The molecule has 1 aliphatic heterocycles. The fourth-order valence-corrected chi connectivity index (χ4v) is 3.32. The molecule has 0 aliphatic carbocycles. The number of hydrogen-bond acceptors (Lipinski definition) is 3. The number of nitrogens with zero attached hydrogens (tertiary/aromatic N) is 1. The van der Waals surface area contributed by atoms with Gasteiger partial charge < -0.3 is 9.84 Å². The Balaban J connectivity index is 1.82. The Morgan fingerprint density at radius 3 is 2.48 bits per heavy atom. The van der Waals surface area contributed by atoms with E-state index in [1.54, 1.807) is 0 Å². The lowest BCUT2D eigenvalue weighted by Gasteiger charge is -2.31. The Hall–Kier alpha value is -2.64. The second-order valence-electron chi connectivity index (χ2n) is 6.48. The first-order valence-electron chi connectivity index (χ1n) is 8.54. The van der Waals surface area contributed by atoms with Crippen molar-refractivity contribution in [3.8, 4) is 17.2 Å². The molecular formula is C21H21NO3. The zero-order valence-corrected chi connectivity index (χ0v) is 14.1. The normalized spacial score (nSPS) is 16.1. The first-order chi connectivity index (χ1) is 12.1. The molecule has 0 unspecified atom stereocenters. The molecule has 1 fully saturated rings. The SMILES string of the molecule is N#CC1(c2ccc(-c3cccc(CCC(=O)O)c3)cc2)CCOCC1. The lowest BCUT2D eigenvalue weighted by Crippen LogP contribution is -2.32.